The van der Waals surface area contributed by atoms with Crippen LogP contribution in [-0.2, 0) is 6.54 Å². The number of benzene rings is 1. The molecule has 0 unspecified atom stereocenters. The van der Waals surface area contributed by atoms with Crippen molar-refractivity contribution in [3.63, 3.8) is 0 Å². The monoisotopic (exact) mass is 283 g/mol. The highest BCUT2D eigenvalue weighted by molar-refractivity contribution is 5.91. The minimum atomic E-state index is -0.989. The van der Waals surface area contributed by atoms with E-state index in [0.717, 1.165) is 17.7 Å². The predicted molar refractivity (Wildman–Crippen MR) is 75.7 cm³/mol. The number of carboxylic acid groups (broad SMARTS) is 1. The van der Waals surface area contributed by atoms with Crippen LogP contribution in [0.3, 0.4) is 0 Å². The van der Waals surface area contributed by atoms with E-state index in [1.54, 1.807) is 6.07 Å². The molecule has 0 aliphatic heterocycles. The lowest BCUT2D eigenvalue weighted by molar-refractivity contribution is 0.0697. The van der Waals surface area contributed by atoms with Gasteiger partial charge >= 0.3 is 5.97 Å². The normalized spacial score (nSPS) is 10.7. The van der Waals surface area contributed by atoms with Crippen LogP contribution in [-0.4, -0.2) is 36.3 Å². The van der Waals surface area contributed by atoms with Crippen LogP contribution in [0.15, 0.2) is 36.7 Å². The number of nitrogens with one attached hydrogen (secondary N) is 1. The topological polar surface area (TPSA) is 96.7 Å². The van der Waals surface area contributed by atoms with Crippen molar-refractivity contribution >= 4 is 5.97 Å². The maximum absolute atomic E-state index is 11.3. The molecule has 106 valence electrons. The second kappa shape index (κ2) is 5.20. The Hall–Kier alpha value is -2.96. The first-order valence-electron chi connectivity index (χ1n) is 6.45. The highest BCUT2D eigenvalue weighted by Crippen LogP contribution is 2.26. The highest BCUT2D eigenvalue weighted by Gasteiger charge is 2.12. The summed E-state index contributed by atoms with van der Waals surface area (Å²) in [7, 11) is 0. The number of aryl methyl sites for hydroxylation is 1. The number of aromatic nitrogens is 5. The van der Waals surface area contributed by atoms with E-state index >= 15 is 0 Å². The third-order valence-corrected chi connectivity index (χ3v) is 3.23. The molecule has 0 bridgehead atoms. The number of hydrogen-bond acceptors (Lipinski definition) is 4. The second-order valence-corrected chi connectivity index (χ2v) is 4.57. The van der Waals surface area contributed by atoms with Gasteiger partial charge in [0.05, 0.1) is 5.56 Å². The van der Waals surface area contributed by atoms with Crippen LogP contribution in [0.2, 0.25) is 0 Å². The van der Waals surface area contributed by atoms with Gasteiger partial charge < -0.3 is 9.67 Å². The molecule has 0 atom stereocenters. The summed E-state index contributed by atoms with van der Waals surface area (Å²) in [5, 5.41) is 22.9. The predicted octanol–water partition coefficient (Wildman–Crippen LogP) is 2.05. The number of tetrazole rings is 1. The minimum absolute atomic E-state index is 0.191. The van der Waals surface area contributed by atoms with E-state index in [0.29, 0.717) is 11.4 Å². The molecule has 2 aromatic heterocycles. The van der Waals surface area contributed by atoms with Crippen LogP contribution in [0.5, 0.6) is 0 Å². The van der Waals surface area contributed by atoms with Crippen molar-refractivity contribution < 1.29 is 9.90 Å². The maximum Gasteiger partial charge on any atom is 0.335 e. The van der Waals surface area contributed by atoms with Crippen LogP contribution in [0.1, 0.15) is 17.3 Å². The van der Waals surface area contributed by atoms with Gasteiger partial charge in [0.15, 0.2) is 0 Å². The molecule has 0 fully saturated rings. The van der Waals surface area contributed by atoms with Crippen molar-refractivity contribution in [2.24, 2.45) is 0 Å². The fraction of sp³-hybridized carbons (Fsp3) is 0.143. The van der Waals surface area contributed by atoms with E-state index in [1.165, 1.54) is 6.07 Å². The van der Waals surface area contributed by atoms with Crippen molar-refractivity contribution in [3.8, 4) is 22.5 Å². The lowest BCUT2D eigenvalue weighted by atomic mass is 10.0. The van der Waals surface area contributed by atoms with Crippen LogP contribution >= 0.6 is 0 Å². The van der Waals surface area contributed by atoms with E-state index in [1.807, 2.05) is 36.0 Å². The van der Waals surface area contributed by atoms with Crippen molar-refractivity contribution in [2.45, 2.75) is 13.5 Å². The first-order valence-corrected chi connectivity index (χ1v) is 6.45. The van der Waals surface area contributed by atoms with Crippen molar-refractivity contribution in [2.75, 3.05) is 0 Å². The van der Waals surface area contributed by atoms with Gasteiger partial charge in [0.2, 0.25) is 5.82 Å². The molecule has 7 heteroatoms. The number of aromatic carboxylic acids is 1. The molecule has 0 saturated heterocycles. The van der Waals surface area contributed by atoms with E-state index in [9.17, 15) is 9.90 Å². The SMILES string of the molecule is CCn1ccc(-c2cc(C(=O)O)cc(-c3nn[nH]n3)c2)c1. The van der Waals surface area contributed by atoms with Crippen LogP contribution in [0.25, 0.3) is 22.5 Å². The Morgan fingerprint density at radius 2 is 2.10 bits per heavy atom. The zero-order chi connectivity index (χ0) is 14.8. The summed E-state index contributed by atoms with van der Waals surface area (Å²) in [6, 6.07) is 6.98. The van der Waals surface area contributed by atoms with Gasteiger partial charge in [-0.2, -0.15) is 5.21 Å². The minimum Gasteiger partial charge on any atom is -0.478 e. The number of H-pyrrole nitrogens is 1. The Balaban J connectivity index is 2.13. The summed E-state index contributed by atoms with van der Waals surface area (Å²) in [5.41, 5.74) is 2.56. The molecule has 2 N–H and O–H groups in total. The zero-order valence-electron chi connectivity index (χ0n) is 11.3. The Kier molecular flexibility index (Phi) is 3.23. The summed E-state index contributed by atoms with van der Waals surface area (Å²) < 4.78 is 2.02. The molecule has 7 nitrogen and oxygen atoms in total. The Labute approximate surface area is 120 Å². The molecule has 0 amide bonds. The Bertz CT molecular complexity index is 777. The molecule has 0 aliphatic carbocycles. The molecule has 21 heavy (non-hydrogen) atoms. The smallest absolute Gasteiger partial charge is 0.335 e. The van der Waals surface area contributed by atoms with Crippen molar-refractivity contribution in [3.05, 3.63) is 42.2 Å². The molecular weight excluding hydrogens is 270 g/mol. The number of carbonyl (C=O) groups is 1. The number of nitrogens with zero attached hydrogens (tertiary/aromatic N) is 4. The van der Waals surface area contributed by atoms with Gasteiger partial charge in [-0.15, -0.1) is 10.2 Å². The summed E-state index contributed by atoms with van der Waals surface area (Å²) in [6.45, 7) is 2.90. The molecule has 1 aromatic carbocycles. The molecule has 3 aromatic rings. The summed E-state index contributed by atoms with van der Waals surface area (Å²) in [5.74, 6) is -0.620. The molecule has 0 saturated carbocycles. The fourth-order valence-corrected chi connectivity index (χ4v) is 2.14. The van der Waals surface area contributed by atoms with Gasteiger partial charge in [-0.3, -0.25) is 0 Å². The Morgan fingerprint density at radius 3 is 2.71 bits per heavy atom. The average molecular weight is 283 g/mol. The third kappa shape index (κ3) is 2.53. The quantitative estimate of drug-likeness (QED) is 0.763. The standard InChI is InChI=1S/C14H13N5O2/c1-2-19-4-3-9(8-19)10-5-11(13-15-17-18-16-13)7-12(6-10)14(20)21/h3-8H,2H2,1H3,(H,20,21)(H,15,16,17,18). The van der Waals surface area contributed by atoms with Gasteiger partial charge in [0, 0.05) is 24.5 Å². The number of hydrogen-bond donors (Lipinski definition) is 2. The average Bonchev–Trinajstić information content (AvgIpc) is 3.18. The maximum atomic E-state index is 11.3. The van der Waals surface area contributed by atoms with Crippen LogP contribution < -0.4 is 0 Å². The van der Waals surface area contributed by atoms with Gasteiger partial charge in [0.25, 0.3) is 0 Å². The van der Waals surface area contributed by atoms with Gasteiger partial charge in [-0.1, -0.05) is 0 Å². The summed E-state index contributed by atoms with van der Waals surface area (Å²) >= 11 is 0. The lowest BCUT2D eigenvalue weighted by Crippen LogP contribution is -1.98. The van der Waals surface area contributed by atoms with Crippen LogP contribution in [0, 0.1) is 0 Å². The van der Waals surface area contributed by atoms with Gasteiger partial charge in [0.1, 0.15) is 0 Å². The van der Waals surface area contributed by atoms with Gasteiger partial charge in [-0.25, -0.2) is 4.79 Å². The number of carboxylic acids is 1. The van der Waals surface area contributed by atoms with Crippen LogP contribution in [0.4, 0.5) is 0 Å². The van der Waals surface area contributed by atoms with E-state index in [-0.39, 0.29) is 5.56 Å². The first kappa shape index (κ1) is 13.0. The molecule has 0 aliphatic rings. The van der Waals surface area contributed by atoms with E-state index in [2.05, 4.69) is 20.6 Å². The molecule has 2 heterocycles. The second-order valence-electron chi connectivity index (χ2n) is 4.57. The van der Waals surface area contributed by atoms with Gasteiger partial charge in [-0.05, 0) is 47.5 Å². The fourth-order valence-electron chi connectivity index (χ4n) is 2.14. The molecule has 0 radical (unpaired) electrons. The first-order chi connectivity index (χ1) is 10.2. The summed E-state index contributed by atoms with van der Waals surface area (Å²) in [4.78, 5) is 11.3. The van der Waals surface area contributed by atoms with E-state index in [4.69, 9.17) is 0 Å². The Morgan fingerprint density at radius 1 is 1.29 bits per heavy atom. The zero-order valence-corrected chi connectivity index (χ0v) is 11.3. The lowest BCUT2D eigenvalue weighted by Gasteiger charge is -2.04. The molecular formula is C14H13N5O2. The van der Waals surface area contributed by atoms with E-state index < -0.39 is 5.97 Å². The largest absolute Gasteiger partial charge is 0.478 e. The highest BCUT2D eigenvalue weighted by atomic mass is 16.4. The number of rotatable bonds is 4. The number of aromatic amines is 1. The van der Waals surface area contributed by atoms with Crippen molar-refractivity contribution in [1.29, 1.82) is 0 Å². The summed E-state index contributed by atoms with van der Waals surface area (Å²) in [6.07, 6.45) is 3.93. The molecule has 3 rings (SSSR count). The van der Waals surface area contributed by atoms with Crippen molar-refractivity contribution in [1.82, 2.24) is 25.2 Å². The third-order valence-electron chi connectivity index (χ3n) is 3.23. The molecule has 0 spiro atoms.